The minimum Gasteiger partial charge on any atom is -0.383 e. The van der Waals surface area contributed by atoms with Crippen LogP contribution in [-0.2, 0) is 4.74 Å². The number of nitrogens with one attached hydrogen (secondary N) is 1. The predicted octanol–water partition coefficient (Wildman–Crippen LogP) is 3.93. The molecule has 27 heavy (non-hydrogen) atoms. The van der Waals surface area contributed by atoms with Gasteiger partial charge in [-0.3, -0.25) is 4.79 Å². The summed E-state index contributed by atoms with van der Waals surface area (Å²) in [6, 6.07) is 12.7. The molecule has 1 aromatic heterocycles. The number of hydrogen-bond acceptors (Lipinski definition) is 4. The van der Waals surface area contributed by atoms with E-state index < -0.39 is 0 Å². The van der Waals surface area contributed by atoms with Crippen LogP contribution in [0, 0.1) is 6.92 Å². The van der Waals surface area contributed by atoms with Crippen molar-refractivity contribution in [2.45, 2.75) is 6.92 Å². The molecule has 6 nitrogen and oxygen atoms in total. The molecular formula is C19H18Cl2N4O2. The summed E-state index contributed by atoms with van der Waals surface area (Å²) in [7, 11) is 1.57. The van der Waals surface area contributed by atoms with Crippen LogP contribution in [0.3, 0.4) is 0 Å². The Labute approximate surface area is 167 Å². The smallest absolute Gasteiger partial charge is 0.291 e. The van der Waals surface area contributed by atoms with E-state index in [-0.39, 0.29) is 11.7 Å². The van der Waals surface area contributed by atoms with E-state index >= 15 is 0 Å². The average Bonchev–Trinajstić information content (AvgIpc) is 3.09. The van der Waals surface area contributed by atoms with E-state index in [2.05, 4.69) is 15.4 Å². The third kappa shape index (κ3) is 4.47. The minimum absolute atomic E-state index is 0.0652. The van der Waals surface area contributed by atoms with Crippen LogP contribution in [-0.4, -0.2) is 40.9 Å². The van der Waals surface area contributed by atoms with Crippen molar-refractivity contribution in [2.24, 2.45) is 0 Å². The van der Waals surface area contributed by atoms with Gasteiger partial charge in [0.05, 0.1) is 12.3 Å². The molecule has 0 bridgehead atoms. The molecule has 0 aliphatic rings. The van der Waals surface area contributed by atoms with Gasteiger partial charge >= 0.3 is 0 Å². The second kappa shape index (κ2) is 8.52. The summed E-state index contributed by atoms with van der Waals surface area (Å²) in [6.07, 6.45) is 0. The molecule has 0 aliphatic heterocycles. The number of carbonyl (C=O) groups excluding carboxylic acids is 1. The maximum atomic E-state index is 12.4. The van der Waals surface area contributed by atoms with Gasteiger partial charge in [0.1, 0.15) is 0 Å². The Morgan fingerprint density at radius 3 is 2.56 bits per heavy atom. The quantitative estimate of drug-likeness (QED) is 0.631. The van der Waals surface area contributed by atoms with Crippen molar-refractivity contribution in [3.63, 3.8) is 0 Å². The van der Waals surface area contributed by atoms with Gasteiger partial charge in [0.2, 0.25) is 5.82 Å². The van der Waals surface area contributed by atoms with Crippen LogP contribution in [0.25, 0.3) is 17.1 Å². The largest absolute Gasteiger partial charge is 0.383 e. The summed E-state index contributed by atoms with van der Waals surface area (Å²) < 4.78 is 6.57. The maximum absolute atomic E-state index is 12.4. The molecule has 0 atom stereocenters. The zero-order chi connectivity index (χ0) is 19.4. The van der Waals surface area contributed by atoms with Gasteiger partial charge in [-0.05, 0) is 48.9 Å². The van der Waals surface area contributed by atoms with Crippen LogP contribution in [0.5, 0.6) is 0 Å². The van der Waals surface area contributed by atoms with Gasteiger partial charge in [-0.1, -0.05) is 29.3 Å². The summed E-state index contributed by atoms with van der Waals surface area (Å²) in [5.74, 6) is 0.213. The summed E-state index contributed by atoms with van der Waals surface area (Å²) >= 11 is 12.2. The molecule has 0 radical (unpaired) electrons. The highest BCUT2D eigenvalue weighted by molar-refractivity contribution is 6.31. The van der Waals surface area contributed by atoms with Crippen LogP contribution in [0.15, 0.2) is 42.5 Å². The SMILES string of the molecule is COCCNC(=O)c1nc(-c2ccc(Cl)cc2)n(-c2cc(Cl)ccc2C)n1. The fraction of sp³-hybridized carbons (Fsp3) is 0.211. The standard InChI is InChI=1S/C19H18Cl2N4O2/c1-12-3-6-15(21)11-16(12)25-18(13-4-7-14(20)8-5-13)23-17(24-25)19(26)22-9-10-27-2/h3-8,11H,9-10H2,1-2H3,(H,22,26). The van der Waals surface area contributed by atoms with Crippen LogP contribution < -0.4 is 5.32 Å². The van der Waals surface area contributed by atoms with Crippen LogP contribution in [0.1, 0.15) is 16.2 Å². The van der Waals surface area contributed by atoms with Crippen molar-refractivity contribution < 1.29 is 9.53 Å². The van der Waals surface area contributed by atoms with E-state index in [0.29, 0.717) is 29.0 Å². The molecule has 0 spiro atoms. The number of hydrogen-bond donors (Lipinski definition) is 1. The number of halogens is 2. The number of aromatic nitrogens is 3. The monoisotopic (exact) mass is 404 g/mol. The second-order valence-corrected chi connectivity index (χ2v) is 6.73. The number of carbonyl (C=O) groups is 1. The molecule has 0 unspecified atom stereocenters. The van der Waals surface area contributed by atoms with E-state index in [0.717, 1.165) is 16.8 Å². The Balaban J connectivity index is 2.08. The molecule has 0 aliphatic carbocycles. The number of amides is 1. The van der Waals surface area contributed by atoms with E-state index in [1.807, 2.05) is 25.1 Å². The fourth-order valence-corrected chi connectivity index (χ4v) is 2.81. The summed E-state index contributed by atoms with van der Waals surface area (Å²) in [6.45, 7) is 2.72. The first-order chi connectivity index (χ1) is 13.0. The first-order valence-electron chi connectivity index (χ1n) is 8.26. The van der Waals surface area contributed by atoms with Crippen molar-refractivity contribution >= 4 is 29.1 Å². The Morgan fingerprint density at radius 1 is 1.15 bits per heavy atom. The van der Waals surface area contributed by atoms with Crippen LogP contribution in [0.4, 0.5) is 0 Å². The van der Waals surface area contributed by atoms with Gasteiger partial charge in [0.15, 0.2) is 5.82 Å². The molecule has 0 fully saturated rings. The number of ether oxygens (including phenoxy) is 1. The van der Waals surface area contributed by atoms with Gasteiger partial charge in [-0.25, -0.2) is 9.67 Å². The lowest BCUT2D eigenvalue weighted by Gasteiger charge is -2.09. The van der Waals surface area contributed by atoms with Gasteiger partial charge < -0.3 is 10.1 Å². The van der Waals surface area contributed by atoms with Crippen molar-refractivity contribution in [2.75, 3.05) is 20.3 Å². The molecule has 3 rings (SSSR count). The normalized spacial score (nSPS) is 10.8. The molecule has 0 saturated heterocycles. The Hall–Kier alpha value is -2.41. The fourth-order valence-electron chi connectivity index (χ4n) is 2.52. The number of methoxy groups -OCH3 is 1. The van der Waals surface area contributed by atoms with E-state index in [1.54, 1.807) is 36.1 Å². The maximum Gasteiger partial charge on any atom is 0.291 e. The van der Waals surface area contributed by atoms with Gasteiger partial charge in [0.25, 0.3) is 5.91 Å². The van der Waals surface area contributed by atoms with E-state index in [4.69, 9.17) is 27.9 Å². The first-order valence-corrected chi connectivity index (χ1v) is 9.02. The average molecular weight is 405 g/mol. The number of benzene rings is 2. The van der Waals surface area contributed by atoms with Crippen LogP contribution in [0.2, 0.25) is 10.0 Å². The Morgan fingerprint density at radius 2 is 1.85 bits per heavy atom. The van der Waals surface area contributed by atoms with Crippen molar-refractivity contribution in [1.82, 2.24) is 20.1 Å². The molecule has 2 aromatic carbocycles. The van der Waals surface area contributed by atoms with E-state index in [9.17, 15) is 4.79 Å². The lowest BCUT2D eigenvalue weighted by Crippen LogP contribution is -2.28. The van der Waals surface area contributed by atoms with Crippen LogP contribution >= 0.6 is 23.2 Å². The molecule has 3 aromatic rings. The topological polar surface area (TPSA) is 69.0 Å². The third-order valence-electron chi connectivity index (χ3n) is 3.90. The molecule has 1 amide bonds. The zero-order valence-corrected chi connectivity index (χ0v) is 16.4. The number of nitrogens with zero attached hydrogens (tertiary/aromatic N) is 3. The third-order valence-corrected chi connectivity index (χ3v) is 4.39. The number of rotatable bonds is 6. The second-order valence-electron chi connectivity index (χ2n) is 5.86. The molecule has 0 saturated carbocycles. The first kappa shape index (κ1) is 19.4. The summed E-state index contributed by atoms with van der Waals surface area (Å²) in [5, 5.41) is 8.33. The highest BCUT2D eigenvalue weighted by atomic mass is 35.5. The molecule has 1 N–H and O–H groups in total. The lowest BCUT2D eigenvalue weighted by atomic mass is 10.2. The van der Waals surface area contributed by atoms with E-state index in [1.165, 1.54) is 0 Å². The Kier molecular flexibility index (Phi) is 6.11. The van der Waals surface area contributed by atoms with Crippen molar-refractivity contribution in [3.8, 4) is 17.1 Å². The van der Waals surface area contributed by atoms with Gasteiger partial charge in [-0.15, -0.1) is 5.10 Å². The molecule has 8 heteroatoms. The summed E-state index contributed by atoms with van der Waals surface area (Å²) in [5.41, 5.74) is 2.48. The molecular weight excluding hydrogens is 387 g/mol. The summed E-state index contributed by atoms with van der Waals surface area (Å²) in [4.78, 5) is 16.9. The minimum atomic E-state index is -0.374. The molecule has 1 heterocycles. The zero-order valence-electron chi connectivity index (χ0n) is 14.9. The highest BCUT2D eigenvalue weighted by Gasteiger charge is 2.19. The Bertz CT molecular complexity index is 955. The predicted molar refractivity (Wildman–Crippen MR) is 106 cm³/mol. The lowest BCUT2D eigenvalue weighted by molar-refractivity contribution is 0.0927. The van der Waals surface area contributed by atoms with Crippen molar-refractivity contribution in [3.05, 3.63) is 63.9 Å². The highest BCUT2D eigenvalue weighted by Crippen LogP contribution is 2.26. The van der Waals surface area contributed by atoms with Gasteiger partial charge in [0, 0.05) is 29.3 Å². The molecule has 140 valence electrons. The van der Waals surface area contributed by atoms with Crippen molar-refractivity contribution in [1.29, 1.82) is 0 Å². The number of aryl methyl sites for hydroxylation is 1. The van der Waals surface area contributed by atoms with Gasteiger partial charge in [-0.2, -0.15) is 0 Å².